The average Bonchev–Trinajstić information content (AvgIpc) is 2.64. The predicted molar refractivity (Wildman–Crippen MR) is 103 cm³/mol. The Morgan fingerprint density at radius 3 is 2.63 bits per heavy atom. The number of aromatic nitrogens is 1. The summed E-state index contributed by atoms with van der Waals surface area (Å²) in [5.74, 6) is -1.46. The predicted octanol–water partition coefficient (Wildman–Crippen LogP) is 3.45. The van der Waals surface area contributed by atoms with Crippen LogP contribution in [0.1, 0.15) is 51.5 Å². The van der Waals surface area contributed by atoms with E-state index in [9.17, 15) is 14.0 Å². The fourth-order valence-electron chi connectivity index (χ4n) is 3.25. The molecule has 148 valence electrons. The number of carboxylic acid groups (broad SMARTS) is 1. The topological polar surface area (TPSA) is 91.3 Å². The number of carbonyl (C=O) groups excluding carboxylic acids is 1. The molecule has 27 heavy (non-hydrogen) atoms. The Balaban J connectivity index is 1.99. The molecule has 6 nitrogen and oxygen atoms in total. The molecule has 0 saturated heterocycles. The van der Waals surface area contributed by atoms with E-state index in [0.29, 0.717) is 18.0 Å². The minimum Gasteiger partial charge on any atom is -0.478 e. The molecule has 1 heterocycles. The van der Waals surface area contributed by atoms with Gasteiger partial charge in [-0.3, -0.25) is 4.79 Å². The molecule has 1 amide bonds. The highest BCUT2D eigenvalue weighted by atomic mass is 19.1. The molecule has 2 rings (SSSR count). The van der Waals surface area contributed by atoms with Crippen LogP contribution < -0.4 is 10.6 Å². The first-order chi connectivity index (χ1) is 12.9. The molecule has 3 N–H and O–H groups in total. The molecular weight excluding hydrogens is 349 g/mol. The van der Waals surface area contributed by atoms with Gasteiger partial charge >= 0.3 is 5.97 Å². The number of pyridine rings is 1. The Hall–Kier alpha value is -2.44. The maximum absolute atomic E-state index is 14.3. The molecule has 0 aliphatic heterocycles. The monoisotopic (exact) mass is 377 g/mol. The first-order valence-electron chi connectivity index (χ1n) is 9.47. The summed E-state index contributed by atoms with van der Waals surface area (Å²) in [5.41, 5.74) is 0.336. The summed E-state index contributed by atoms with van der Waals surface area (Å²) in [4.78, 5) is 27.1. The van der Waals surface area contributed by atoms with E-state index in [1.165, 1.54) is 37.6 Å². The van der Waals surface area contributed by atoms with E-state index in [0.717, 1.165) is 18.9 Å². The normalized spacial score (nSPS) is 16.4. The Labute approximate surface area is 159 Å². The minimum absolute atomic E-state index is 0.0195. The van der Waals surface area contributed by atoms with Crippen LogP contribution in [0.4, 0.5) is 10.2 Å². The van der Waals surface area contributed by atoms with Crippen molar-refractivity contribution >= 4 is 23.8 Å². The van der Waals surface area contributed by atoms with E-state index in [2.05, 4.69) is 15.6 Å². The van der Waals surface area contributed by atoms with E-state index < -0.39 is 17.8 Å². The number of halogens is 1. The zero-order valence-corrected chi connectivity index (χ0v) is 15.9. The molecule has 1 aromatic heterocycles. The lowest BCUT2D eigenvalue weighted by molar-refractivity contribution is -0.131. The minimum atomic E-state index is -1.12. The van der Waals surface area contributed by atoms with Gasteiger partial charge in [0, 0.05) is 18.8 Å². The van der Waals surface area contributed by atoms with Gasteiger partial charge in [0.1, 0.15) is 6.04 Å². The number of nitrogens with zero attached hydrogens (tertiary/aromatic N) is 1. The summed E-state index contributed by atoms with van der Waals surface area (Å²) in [6.07, 6.45) is 9.51. The van der Waals surface area contributed by atoms with Gasteiger partial charge in [-0.1, -0.05) is 33.1 Å². The molecule has 0 unspecified atom stereocenters. The number of rotatable bonds is 8. The van der Waals surface area contributed by atoms with Gasteiger partial charge < -0.3 is 15.7 Å². The van der Waals surface area contributed by atoms with Crippen LogP contribution in [0, 0.1) is 17.7 Å². The molecule has 0 radical (unpaired) electrons. The molecular formula is C20H28FN3O3. The molecule has 0 bridgehead atoms. The van der Waals surface area contributed by atoms with E-state index in [1.807, 2.05) is 13.8 Å². The van der Waals surface area contributed by atoms with Crippen molar-refractivity contribution in [1.82, 2.24) is 10.3 Å². The van der Waals surface area contributed by atoms with E-state index in [4.69, 9.17) is 5.11 Å². The maximum Gasteiger partial charge on any atom is 0.328 e. The highest BCUT2D eigenvalue weighted by molar-refractivity contribution is 5.85. The van der Waals surface area contributed by atoms with Crippen molar-refractivity contribution in [3.63, 3.8) is 0 Å². The van der Waals surface area contributed by atoms with E-state index in [1.54, 1.807) is 0 Å². The van der Waals surface area contributed by atoms with Gasteiger partial charge in [-0.2, -0.15) is 0 Å². The smallest absolute Gasteiger partial charge is 0.328 e. The van der Waals surface area contributed by atoms with Crippen LogP contribution in [-0.4, -0.2) is 34.6 Å². The van der Waals surface area contributed by atoms with Crippen LogP contribution in [-0.2, 0) is 9.59 Å². The first kappa shape index (κ1) is 20.9. The molecule has 1 aliphatic carbocycles. The molecule has 1 saturated carbocycles. The van der Waals surface area contributed by atoms with Crippen molar-refractivity contribution in [2.75, 3.05) is 11.9 Å². The Morgan fingerprint density at radius 2 is 2.04 bits per heavy atom. The second-order valence-electron chi connectivity index (χ2n) is 7.39. The molecule has 1 aromatic rings. The van der Waals surface area contributed by atoms with Gasteiger partial charge in [-0.05, 0) is 42.4 Å². The molecule has 1 atom stereocenters. The summed E-state index contributed by atoms with van der Waals surface area (Å²) in [5, 5.41) is 14.5. The summed E-state index contributed by atoms with van der Waals surface area (Å²) in [6.45, 7) is 4.43. The zero-order valence-electron chi connectivity index (χ0n) is 15.9. The summed E-state index contributed by atoms with van der Waals surface area (Å²) >= 11 is 0. The molecule has 1 aliphatic rings. The maximum atomic E-state index is 14.3. The standard InChI is InChI=1S/C20H28FN3O3/c1-13(2)18(20(27)23-11-14-6-4-3-5-7-14)24-19-16(21)10-15(12-22-19)8-9-17(25)26/h8-10,12-14,18H,3-7,11H2,1-2H3,(H,22,24)(H,23,27)(H,25,26)/b9-8+/t18-/m1/s1. The first-order valence-corrected chi connectivity index (χ1v) is 9.47. The lowest BCUT2D eigenvalue weighted by Crippen LogP contribution is -2.45. The Kier molecular flexibility index (Phi) is 7.76. The number of hydrogen-bond donors (Lipinski definition) is 3. The van der Waals surface area contributed by atoms with Gasteiger partial charge in [-0.15, -0.1) is 0 Å². The van der Waals surface area contributed by atoms with Crippen LogP contribution in [0.2, 0.25) is 0 Å². The number of anilines is 1. The van der Waals surface area contributed by atoms with Crippen LogP contribution in [0.25, 0.3) is 6.08 Å². The van der Waals surface area contributed by atoms with Crippen molar-refractivity contribution < 1.29 is 19.1 Å². The third kappa shape index (κ3) is 6.66. The zero-order chi connectivity index (χ0) is 19.8. The van der Waals surface area contributed by atoms with Crippen molar-refractivity contribution in [2.24, 2.45) is 11.8 Å². The molecule has 1 fully saturated rings. The number of aliphatic carboxylic acids is 1. The van der Waals surface area contributed by atoms with E-state index in [-0.39, 0.29) is 17.6 Å². The highest BCUT2D eigenvalue weighted by Gasteiger charge is 2.24. The summed E-state index contributed by atoms with van der Waals surface area (Å²) in [7, 11) is 0. The van der Waals surface area contributed by atoms with Crippen molar-refractivity contribution in [1.29, 1.82) is 0 Å². The largest absolute Gasteiger partial charge is 0.478 e. The quantitative estimate of drug-likeness (QED) is 0.604. The number of carbonyl (C=O) groups is 2. The second kappa shape index (κ2) is 10.0. The van der Waals surface area contributed by atoms with Crippen molar-refractivity contribution in [3.8, 4) is 0 Å². The third-order valence-corrected chi connectivity index (χ3v) is 4.81. The number of amides is 1. The summed E-state index contributed by atoms with van der Waals surface area (Å²) in [6, 6.07) is 0.586. The third-order valence-electron chi connectivity index (χ3n) is 4.81. The number of hydrogen-bond acceptors (Lipinski definition) is 4. The van der Waals surface area contributed by atoms with Gasteiger partial charge in [0.2, 0.25) is 5.91 Å². The van der Waals surface area contributed by atoms with Crippen molar-refractivity contribution in [2.45, 2.75) is 52.0 Å². The fourth-order valence-corrected chi connectivity index (χ4v) is 3.25. The molecule has 0 spiro atoms. The van der Waals surface area contributed by atoms with Crippen LogP contribution in [0.3, 0.4) is 0 Å². The second-order valence-corrected chi connectivity index (χ2v) is 7.39. The number of carboxylic acids is 1. The SMILES string of the molecule is CC(C)[C@@H](Nc1ncc(/C=C/C(=O)O)cc1F)C(=O)NCC1CCCCC1. The van der Waals surface area contributed by atoms with Crippen LogP contribution in [0.5, 0.6) is 0 Å². The molecule has 7 heteroatoms. The van der Waals surface area contributed by atoms with Crippen LogP contribution in [0.15, 0.2) is 18.3 Å². The number of nitrogens with one attached hydrogen (secondary N) is 2. The fraction of sp³-hybridized carbons (Fsp3) is 0.550. The lowest BCUT2D eigenvalue weighted by atomic mass is 9.89. The van der Waals surface area contributed by atoms with Gasteiger partial charge in [0.05, 0.1) is 0 Å². The highest BCUT2D eigenvalue weighted by Crippen LogP contribution is 2.23. The van der Waals surface area contributed by atoms with Crippen LogP contribution >= 0.6 is 0 Å². The van der Waals surface area contributed by atoms with Gasteiger partial charge in [0.25, 0.3) is 0 Å². The Bertz CT molecular complexity index is 685. The average molecular weight is 377 g/mol. The van der Waals surface area contributed by atoms with Crippen molar-refractivity contribution in [3.05, 3.63) is 29.7 Å². The molecule has 0 aromatic carbocycles. The van der Waals surface area contributed by atoms with Gasteiger partial charge in [-0.25, -0.2) is 14.2 Å². The summed E-state index contributed by atoms with van der Waals surface area (Å²) < 4.78 is 14.3. The van der Waals surface area contributed by atoms with Gasteiger partial charge in [0.15, 0.2) is 11.6 Å². The van der Waals surface area contributed by atoms with E-state index >= 15 is 0 Å². The lowest BCUT2D eigenvalue weighted by Gasteiger charge is -2.26. The Morgan fingerprint density at radius 1 is 1.33 bits per heavy atom.